The van der Waals surface area contributed by atoms with E-state index in [4.69, 9.17) is 11.6 Å². The van der Waals surface area contributed by atoms with Gasteiger partial charge in [-0.05, 0) is 306 Å². The molecule has 12 heteroatoms. The van der Waals surface area contributed by atoms with Crippen LogP contribution in [0.5, 0.6) is 0 Å². The number of hydrogen-bond acceptors (Lipinski definition) is 10. The Balaban J connectivity index is 0.000000116. The smallest absolute Gasteiger partial charge is 0.0681 e. The van der Waals surface area contributed by atoms with E-state index in [1.165, 1.54) is 182 Å². The Hall–Kier alpha value is -6.78. The molecule has 10 aliphatic rings. The van der Waals surface area contributed by atoms with Gasteiger partial charge in [0.15, 0.2) is 0 Å². The van der Waals surface area contributed by atoms with Gasteiger partial charge in [0.05, 0.1) is 23.7 Å². The third-order valence-electron chi connectivity index (χ3n) is 28.1. The van der Waals surface area contributed by atoms with Gasteiger partial charge in [-0.2, -0.15) is 0 Å². The summed E-state index contributed by atoms with van der Waals surface area (Å²) >= 11 is 19.9. The van der Waals surface area contributed by atoms with Crippen LogP contribution in [0.25, 0.3) is 27.9 Å². The quantitative estimate of drug-likeness (QED) is 0.165. The van der Waals surface area contributed by atoms with Crippen molar-refractivity contribution in [3.05, 3.63) is 353 Å². The molecule has 5 fully saturated rings. The third-order valence-corrected chi connectivity index (χ3v) is 36.0. The van der Waals surface area contributed by atoms with E-state index < -0.39 is 0 Å². The van der Waals surface area contributed by atoms with Crippen molar-refractivity contribution < 1.29 is 0 Å². The zero-order chi connectivity index (χ0) is 87.8. The van der Waals surface area contributed by atoms with Crippen molar-refractivity contribution in [2.24, 2.45) is 0 Å². The van der Waals surface area contributed by atoms with Crippen LogP contribution in [-0.2, 0) is 34.6 Å². The van der Waals surface area contributed by atoms with Crippen LogP contribution in [-0.4, -0.2) is 125 Å². The van der Waals surface area contributed by atoms with Gasteiger partial charge in [0, 0.05) is 99.4 Å². The number of rotatable bonds is 5. The first kappa shape index (κ1) is 91.5. The first-order valence-corrected chi connectivity index (χ1v) is 50.9. The van der Waals surface area contributed by atoms with E-state index in [1.54, 1.807) is 55.7 Å². The standard InChI is InChI=1S/C25H30BrNS.C25H30ClNS.3C21H23NS/c2*1-24(2,3)19-8-11-22-21(16-19)23(17-12-14-27(5)15-13-17)25(4,28-22)18-6-9-20(26)10-7-18;3*1-21(17-8-4-3-5-9-17)20(16-12-14-22(2)15-13-16)18-10-6-7-11-19(18)23-21/h2*6-11,16H,12-15H2,1-5H3;3*3-11H,12-15H2,1-2H3. The van der Waals surface area contributed by atoms with E-state index in [1.807, 2.05) is 70.9 Å². The molecule has 0 aliphatic carbocycles. The molecule has 0 N–H and O–H groups in total. The maximum absolute atomic E-state index is 6.20. The molecule has 125 heavy (non-hydrogen) atoms. The van der Waals surface area contributed by atoms with E-state index >= 15 is 0 Å². The van der Waals surface area contributed by atoms with E-state index in [9.17, 15) is 0 Å². The number of piperidine rings is 5. The Labute approximate surface area is 784 Å². The molecule has 0 saturated carbocycles. The van der Waals surface area contributed by atoms with Crippen LogP contribution in [0.2, 0.25) is 5.02 Å². The van der Waals surface area contributed by atoms with Crippen molar-refractivity contribution in [3.63, 3.8) is 0 Å². The lowest BCUT2D eigenvalue weighted by molar-refractivity contribution is 0.312. The van der Waals surface area contributed by atoms with Crippen LogP contribution in [0, 0.1) is 0 Å². The summed E-state index contributed by atoms with van der Waals surface area (Å²) < 4.78 is 1.17. The van der Waals surface area contributed by atoms with Gasteiger partial charge in [-0.3, -0.25) is 0 Å². The summed E-state index contributed by atoms with van der Waals surface area (Å²) in [6, 6.07) is 91.6. The molecule has 10 aromatic carbocycles. The highest BCUT2D eigenvalue weighted by molar-refractivity contribution is 9.10. The highest BCUT2D eigenvalue weighted by atomic mass is 79.9. The van der Waals surface area contributed by atoms with E-state index in [-0.39, 0.29) is 34.6 Å². The Morgan fingerprint density at radius 2 is 0.464 bits per heavy atom. The van der Waals surface area contributed by atoms with Gasteiger partial charge in [0.1, 0.15) is 0 Å². The van der Waals surface area contributed by atoms with E-state index in [0.717, 1.165) is 48.5 Å². The summed E-state index contributed by atoms with van der Waals surface area (Å²) in [5.41, 5.74) is 33.6. The highest BCUT2D eigenvalue weighted by Crippen LogP contribution is 2.66. The van der Waals surface area contributed by atoms with Crippen LogP contribution in [0.1, 0.15) is 207 Å². The highest BCUT2D eigenvalue weighted by Gasteiger charge is 2.48. The average molecular weight is 1830 g/mol. The Bertz CT molecular complexity index is 5210. The predicted molar refractivity (Wildman–Crippen MR) is 549 cm³/mol. The van der Waals surface area contributed by atoms with Gasteiger partial charge >= 0.3 is 0 Å². The number of likely N-dealkylation sites (tertiary alicyclic amines) is 5. The molecule has 5 unspecified atom stereocenters. The third kappa shape index (κ3) is 19.4. The largest absolute Gasteiger partial charge is 0.306 e. The molecule has 0 bridgehead atoms. The molecule has 0 radical (unpaired) electrons. The zero-order valence-corrected chi connectivity index (χ0v) is 83.3. The molecule has 0 amide bonds. The predicted octanol–water partition coefficient (Wildman–Crippen LogP) is 29.9. The summed E-state index contributed by atoms with van der Waals surface area (Å²) in [6.07, 6.45) is 11.9. The van der Waals surface area contributed by atoms with Gasteiger partial charge in [-0.25, -0.2) is 0 Å². The lowest BCUT2D eigenvalue weighted by Crippen LogP contribution is -2.28. The lowest BCUT2D eigenvalue weighted by atomic mass is 9.79. The minimum atomic E-state index is -0.0608. The molecule has 650 valence electrons. The molecule has 5 nitrogen and oxygen atoms in total. The second kappa shape index (κ2) is 38.3. The van der Waals surface area contributed by atoms with Crippen LogP contribution in [0.3, 0.4) is 0 Å². The minimum Gasteiger partial charge on any atom is -0.306 e. The summed E-state index contributed by atoms with van der Waals surface area (Å²) in [7, 11) is 11.2. The van der Waals surface area contributed by atoms with E-state index in [0.29, 0.717) is 0 Å². The molecule has 0 spiro atoms. The van der Waals surface area contributed by atoms with Gasteiger partial charge in [-0.1, -0.05) is 279 Å². The topological polar surface area (TPSA) is 16.2 Å². The summed E-state index contributed by atoms with van der Waals surface area (Å²) in [5.74, 6) is 0. The first-order valence-electron chi connectivity index (χ1n) is 45.7. The van der Waals surface area contributed by atoms with Gasteiger partial charge in [-0.15, -0.1) is 58.8 Å². The number of halogens is 2. The Morgan fingerprint density at radius 1 is 0.256 bits per heavy atom. The number of benzene rings is 10. The number of thioether (sulfide) groups is 5. The van der Waals surface area contributed by atoms with Crippen LogP contribution >= 0.6 is 86.3 Å². The van der Waals surface area contributed by atoms with Crippen LogP contribution < -0.4 is 0 Å². The number of nitrogens with zero attached hydrogens (tertiary/aromatic N) is 5. The first-order chi connectivity index (χ1) is 59.9. The molecule has 0 aromatic heterocycles. The molecule has 10 aromatic rings. The summed E-state index contributed by atoms with van der Waals surface area (Å²) in [6.45, 7) is 37.6. The Kier molecular flexibility index (Phi) is 28.1. The van der Waals surface area contributed by atoms with Gasteiger partial charge in [0.2, 0.25) is 0 Å². The molecule has 5 atom stereocenters. The lowest BCUT2D eigenvalue weighted by Gasteiger charge is -2.32. The van der Waals surface area contributed by atoms with Crippen LogP contribution in [0.4, 0.5) is 0 Å². The number of hydrogen-bond donors (Lipinski definition) is 0. The molecule has 20 rings (SSSR count). The Morgan fingerprint density at radius 3 is 0.712 bits per heavy atom. The van der Waals surface area contributed by atoms with Crippen molar-refractivity contribution in [2.75, 3.05) is 101 Å². The monoisotopic (exact) mass is 1830 g/mol. The van der Waals surface area contributed by atoms with Crippen LogP contribution in [0.15, 0.2) is 306 Å². The average Bonchev–Trinajstić information content (AvgIpc) is 1.59. The zero-order valence-electron chi connectivity index (χ0n) is 76.8. The summed E-state index contributed by atoms with van der Waals surface area (Å²) in [4.78, 5) is 19.4. The van der Waals surface area contributed by atoms with Crippen molar-refractivity contribution in [1.29, 1.82) is 0 Å². The maximum atomic E-state index is 6.20. The minimum absolute atomic E-state index is 0.0230. The molecule has 10 aliphatic heterocycles. The van der Waals surface area contributed by atoms with Crippen molar-refractivity contribution in [2.45, 2.75) is 199 Å². The normalized spacial score (nSPS) is 24.1. The molecule has 10 heterocycles. The van der Waals surface area contributed by atoms with Gasteiger partial charge in [0.25, 0.3) is 0 Å². The second-order valence-corrected chi connectivity index (χ2v) is 47.8. The van der Waals surface area contributed by atoms with Crippen molar-refractivity contribution >= 4 is 114 Å². The van der Waals surface area contributed by atoms with Crippen molar-refractivity contribution in [3.8, 4) is 0 Å². The second-order valence-electron chi connectivity index (χ2n) is 39.1. The van der Waals surface area contributed by atoms with Gasteiger partial charge < -0.3 is 24.5 Å². The van der Waals surface area contributed by atoms with Crippen molar-refractivity contribution in [1.82, 2.24) is 24.5 Å². The molecular weight excluding hydrogens is 1700 g/mol. The fraction of sp³-hybridized carbons (Fsp3) is 0.381. The summed E-state index contributed by atoms with van der Waals surface area (Å²) in [5, 5.41) is 0.802. The maximum Gasteiger partial charge on any atom is 0.0681 e. The fourth-order valence-corrected chi connectivity index (χ4v) is 28.4. The number of fused-ring (bicyclic) bond motifs is 5. The SMILES string of the molecule is CN1CCC(=C2c3cc(C(C)(C)C)ccc3SC2(C)c2ccc(Br)cc2)CC1.CN1CCC(=C2c3cc(C(C)(C)C)ccc3SC2(C)c2ccc(Cl)cc2)CC1.CN1CCC(=C2c3ccccc3SC2(C)c2ccccc2)CC1.CN1CCC(=C2c3ccccc3SC2(C)c2ccccc2)CC1.CN1CCC(=C2c3ccccc3SC2(C)c2ccccc2)CC1. The molecular formula is C113H129BrClN5S5. The molecule has 5 saturated heterocycles. The van der Waals surface area contributed by atoms with E-state index in [2.05, 4.69) is 388 Å². The fourth-order valence-electron chi connectivity index (χ4n) is 20.6.